The van der Waals surface area contributed by atoms with E-state index in [1.54, 1.807) is 6.07 Å². The number of hydrogen-bond donors (Lipinski definition) is 0. The van der Waals surface area contributed by atoms with Crippen LogP contribution in [0.25, 0.3) is 78.4 Å². The van der Waals surface area contributed by atoms with Gasteiger partial charge in [-0.25, -0.2) is 15.0 Å². The van der Waals surface area contributed by atoms with Gasteiger partial charge in [0.2, 0.25) is 0 Å². The van der Waals surface area contributed by atoms with Crippen molar-refractivity contribution in [2.24, 2.45) is 17.8 Å². The van der Waals surface area contributed by atoms with Gasteiger partial charge < -0.3 is 4.42 Å². The zero-order valence-corrected chi connectivity index (χ0v) is 30.5. The molecule has 4 fully saturated rings. The average Bonchev–Trinajstić information content (AvgIpc) is 3.60. The van der Waals surface area contributed by atoms with Crippen molar-refractivity contribution in [1.29, 1.82) is 5.26 Å². The first-order valence-electron chi connectivity index (χ1n) is 19.6. The van der Waals surface area contributed by atoms with Crippen molar-refractivity contribution in [2.45, 2.75) is 43.9 Å². The van der Waals surface area contributed by atoms with Gasteiger partial charge in [-0.05, 0) is 126 Å². The van der Waals surface area contributed by atoms with E-state index in [0.717, 1.165) is 73.1 Å². The number of nitrogens with zero attached hydrogens (tertiary/aromatic N) is 4. The molecule has 0 saturated heterocycles. The molecular formula is C50H38N4O. The van der Waals surface area contributed by atoms with Gasteiger partial charge in [-0.1, -0.05) is 103 Å². The van der Waals surface area contributed by atoms with Crippen molar-refractivity contribution in [3.05, 3.63) is 151 Å². The lowest BCUT2D eigenvalue weighted by Gasteiger charge is -2.57. The van der Waals surface area contributed by atoms with E-state index in [0.29, 0.717) is 28.5 Å². The first kappa shape index (κ1) is 32.1. The van der Waals surface area contributed by atoms with Crippen molar-refractivity contribution in [3.8, 4) is 62.5 Å². The van der Waals surface area contributed by atoms with Gasteiger partial charge in [0, 0.05) is 27.5 Å². The number of furan rings is 1. The molecule has 4 bridgehead atoms. The van der Waals surface area contributed by atoms with Crippen LogP contribution in [0.4, 0.5) is 0 Å². The van der Waals surface area contributed by atoms with Crippen LogP contribution in [-0.2, 0) is 5.41 Å². The van der Waals surface area contributed by atoms with E-state index < -0.39 is 0 Å². The summed E-state index contributed by atoms with van der Waals surface area (Å²) in [6.45, 7) is 0. The molecular weight excluding hydrogens is 673 g/mol. The molecule has 0 N–H and O–H groups in total. The van der Waals surface area contributed by atoms with Crippen LogP contribution >= 0.6 is 0 Å². The van der Waals surface area contributed by atoms with Gasteiger partial charge in [-0.2, -0.15) is 5.26 Å². The highest BCUT2D eigenvalue weighted by Gasteiger charge is 2.51. The molecule has 8 aromatic rings. The van der Waals surface area contributed by atoms with Gasteiger partial charge in [0.1, 0.15) is 11.2 Å². The molecule has 5 heteroatoms. The molecule has 55 heavy (non-hydrogen) atoms. The normalized spacial score (nSPS) is 21.3. The zero-order valence-electron chi connectivity index (χ0n) is 30.5. The van der Waals surface area contributed by atoms with E-state index in [1.807, 2.05) is 30.3 Å². The Morgan fingerprint density at radius 1 is 0.491 bits per heavy atom. The second kappa shape index (κ2) is 12.6. The van der Waals surface area contributed by atoms with E-state index in [-0.39, 0.29) is 0 Å². The average molecular weight is 711 g/mol. The van der Waals surface area contributed by atoms with Gasteiger partial charge in [0.25, 0.3) is 0 Å². The Morgan fingerprint density at radius 2 is 1.11 bits per heavy atom. The van der Waals surface area contributed by atoms with Crippen LogP contribution in [0, 0.1) is 29.1 Å². The van der Waals surface area contributed by atoms with E-state index >= 15 is 0 Å². The molecule has 0 spiro atoms. The third-order valence-electron chi connectivity index (χ3n) is 12.7. The summed E-state index contributed by atoms with van der Waals surface area (Å²) in [7, 11) is 0. The lowest BCUT2D eigenvalue weighted by atomic mass is 9.48. The van der Waals surface area contributed by atoms with Crippen molar-refractivity contribution in [3.63, 3.8) is 0 Å². The minimum absolute atomic E-state index is 0.370. The van der Waals surface area contributed by atoms with Crippen molar-refractivity contribution >= 4 is 21.9 Å². The van der Waals surface area contributed by atoms with Gasteiger partial charge in [-0.3, -0.25) is 0 Å². The summed E-state index contributed by atoms with van der Waals surface area (Å²) in [4.78, 5) is 15.4. The van der Waals surface area contributed by atoms with Crippen LogP contribution in [0.2, 0.25) is 0 Å². The molecule has 4 saturated carbocycles. The number of aromatic nitrogens is 3. The second-order valence-electron chi connectivity index (χ2n) is 16.2. The summed E-state index contributed by atoms with van der Waals surface area (Å²) < 4.78 is 6.22. The van der Waals surface area contributed by atoms with Crippen LogP contribution in [0.15, 0.2) is 144 Å². The first-order chi connectivity index (χ1) is 27.1. The Balaban J connectivity index is 0.981. The molecule has 5 nitrogen and oxygen atoms in total. The molecule has 2 aromatic heterocycles. The molecule has 0 atom stereocenters. The Bertz CT molecular complexity index is 2780. The van der Waals surface area contributed by atoms with Gasteiger partial charge in [-0.15, -0.1) is 0 Å². The summed E-state index contributed by atoms with van der Waals surface area (Å²) >= 11 is 0. The molecule has 12 rings (SSSR count). The maximum absolute atomic E-state index is 9.44. The molecule has 264 valence electrons. The molecule has 4 aliphatic carbocycles. The highest BCUT2D eigenvalue weighted by atomic mass is 16.3. The van der Waals surface area contributed by atoms with Gasteiger partial charge >= 0.3 is 0 Å². The summed E-state index contributed by atoms with van der Waals surface area (Å²) in [6.07, 6.45) is 8.47. The third kappa shape index (κ3) is 5.55. The smallest absolute Gasteiger partial charge is 0.164 e. The monoisotopic (exact) mass is 710 g/mol. The number of rotatable bonds is 6. The Labute approximate surface area is 320 Å². The summed E-state index contributed by atoms with van der Waals surface area (Å²) in [5.41, 5.74) is 11.2. The predicted octanol–water partition coefficient (Wildman–Crippen LogP) is 12.4. The van der Waals surface area contributed by atoms with Crippen LogP contribution in [0.1, 0.15) is 49.7 Å². The van der Waals surface area contributed by atoms with E-state index in [1.165, 1.54) is 49.7 Å². The van der Waals surface area contributed by atoms with E-state index in [4.69, 9.17) is 19.4 Å². The lowest BCUT2D eigenvalue weighted by molar-refractivity contribution is -0.00518. The number of fused-ring (bicyclic) bond motifs is 3. The van der Waals surface area contributed by atoms with Crippen molar-refractivity contribution in [2.75, 3.05) is 0 Å². The molecule has 0 amide bonds. The fourth-order valence-electron chi connectivity index (χ4n) is 10.6. The minimum Gasteiger partial charge on any atom is -0.456 e. The second-order valence-corrected chi connectivity index (χ2v) is 16.2. The SMILES string of the molecule is N#Cc1ccc2oc3cc(-c4cccc(-c5nc(-c6ccccc6)nc(-c6ccccc6-c6ccc(C78CC9CC(CC(C9)C7)C8)cc6)n5)c4)ccc3c2c1. The minimum atomic E-state index is 0.370. The van der Waals surface area contributed by atoms with E-state index in [2.05, 4.69) is 109 Å². The standard InChI is InChI=1S/C50H38N4O/c51-30-31-13-20-45-44(24-31)42-19-16-38(26-46(42)55-45)37-9-6-10-39(25-37)48-52-47(36-7-2-1-3-8-36)53-49(54-48)43-12-5-4-11-41(43)35-14-17-40(18-15-35)50-27-32-21-33(28-50)23-34(22-32)29-50/h1-20,24-26,32-34H,21-23,27-29H2. The third-order valence-corrected chi connectivity index (χ3v) is 12.7. The van der Waals surface area contributed by atoms with E-state index in [9.17, 15) is 5.26 Å². The summed E-state index contributed by atoms with van der Waals surface area (Å²) in [5, 5.41) is 11.4. The summed E-state index contributed by atoms with van der Waals surface area (Å²) in [5.74, 6) is 4.66. The van der Waals surface area contributed by atoms with Gasteiger partial charge in [0.05, 0.1) is 11.6 Å². The number of nitriles is 1. The molecule has 0 aliphatic heterocycles. The fourth-order valence-corrected chi connectivity index (χ4v) is 10.6. The van der Waals surface area contributed by atoms with Gasteiger partial charge in [0.15, 0.2) is 17.5 Å². The van der Waals surface area contributed by atoms with Crippen LogP contribution in [-0.4, -0.2) is 15.0 Å². The summed E-state index contributed by atoms with van der Waals surface area (Å²) in [6, 6.07) is 50.6. The van der Waals surface area contributed by atoms with Crippen LogP contribution < -0.4 is 0 Å². The quantitative estimate of drug-likeness (QED) is 0.172. The molecule has 4 aliphatic rings. The largest absolute Gasteiger partial charge is 0.456 e. The molecule has 0 unspecified atom stereocenters. The zero-order chi connectivity index (χ0) is 36.5. The Kier molecular flexibility index (Phi) is 7.35. The van der Waals surface area contributed by atoms with Crippen LogP contribution in [0.5, 0.6) is 0 Å². The Hall–Kier alpha value is -6.38. The molecule has 0 radical (unpaired) electrons. The maximum Gasteiger partial charge on any atom is 0.164 e. The lowest BCUT2D eigenvalue weighted by Crippen LogP contribution is -2.48. The number of hydrogen-bond acceptors (Lipinski definition) is 5. The Morgan fingerprint density at radius 3 is 1.85 bits per heavy atom. The first-order valence-corrected chi connectivity index (χ1v) is 19.6. The van der Waals surface area contributed by atoms with Crippen molar-refractivity contribution in [1.82, 2.24) is 15.0 Å². The predicted molar refractivity (Wildman–Crippen MR) is 219 cm³/mol. The highest BCUT2D eigenvalue weighted by Crippen LogP contribution is 2.60. The van der Waals surface area contributed by atoms with Crippen molar-refractivity contribution < 1.29 is 4.42 Å². The maximum atomic E-state index is 9.44. The molecule has 6 aromatic carbocycles. The topological polar surface area (TPSA) is 75.6 Å². The van der Waals surface area contributed by atoms with Crippen LogP contribution in [0.3, 0.4) is 0 Å². The highest BCUT2D eigenvalue weighted by molar-refractivity contribution is 6.06. The molecule has 2 heterocycles. The fraction of sp³-hybridized carbons (Fsp3) is 0.200. The number of benzene rings is 6.